The van der Waals surface area contributed by atoms with Crippen LogP contribution in [0.2, 0.25) is 0 Å². The van der Waals surface area contributed by atoms with Crippen LogP contribution in [-0.2, 0) is 0 Å². The smallest absolute Gasteiger partial charge is 0.0580 e. The lowest BCUT2D eigenvalue weighted by Gasteiger charge is -2.28. The molecule has 1 aromatic carbocycles. The number of rotatable bonds is 6. The van der Waals surface area contributed by atoms with Crippen molar-refractivity contribution >= 4 is 0 Å². The Labute approximate surface area is 131 Å². The zero-order valence-electron chi connectivity index (χ0n) is 13.9. The van der Waals surface area contributed by atoms with Crippen molar-refractivity contribution in [1.29, 1.82) is 0 Å². The van der Waals surface area contributed by atoms with E-state index in [1.54, 1.807) is 0 Å². The fraction of sp³-hybridized carbons (Fsp3) is 0.684. The third kappa shape index (κ3) is 8.23. The van der Waals surface area contributed by atoms with Crippen LogP contribution in [0.5, 0.6) is 0 Å². The zero-order chi connectivity index (χ0) is 15.3. The minimum atomic E-state index is -0.0501. The fourth-order valence-electron chi connectivity index (χ4n) is 2.99. The van der Waals surface area contributed by atoms with E-state index >= 15 is 0 Å². The highest BCUT2D eigenvalue weighted by Gasteiger charge is 2.21. The number of hydrogen-bond acceptors (Lipinski definition) is 2. The van der Waals surface area contributed by atoms with Crippen LogP contribution in [0.15, 0.2) is 36.4 Å². The standard InChI is InChI=1S/C13H27NO.C6H6/c1-3-14(4-2)11-10-13(15)12-8-6-5-7-9-12;1-2-4-6-5-3-1/h12-13,15H,3-11H2,1-2H3;1-6H. The highest BCUT2D eigenvalue weighted by atomic mass is 16.3. The topological polar surface area (TPSA) is 23.5 Å². The van der Waals surface area contributed by atoms with Gasteiger partial charge in [0, 0.05) is 6.54 Å². The number of nitrogens with zero attached hydrogens (tertiary/aromatic N) is 1. The highest BCUT2D eigenvalue weighted by molar-refractivity contribution is 4.99. The molecule has 1 fully saturated rings. The maximum absolute atomic E-state index is 10.1. The van der Waals surface area contributed by atoms with E-state index in [9.17, 15) is 5.11 Å². The molecule has 0 bridgehead atoms. The number of benzene rings is 1. The summed E-state index contributed by atoms with van der Waals surface area (Å²) in [5.41, 5.74) is 0. The van der Waals surface area contributed by atoms with E-state index in [4.69, 9.17) is 0 Å². The Hall–Kier alpha value is -0.860. The largest absolute Gasteiger partial charge is 0.393 e. The third-order valence-corrected chi connectivity index (χ3v) is 4.50. The van der Waals surface area contributed by atoms with Gasteiger partial charge in [0.05, 0.1) is 6.10 Å². The number of hydrogen-bond donors (Lipinski definition) is 1. The molecule has 2 nitrogen and oxygen atoms in total. The monoisotopic (exact) mass is 291 g/mol. The van der Waals surface area contributed by atoms with E-state index in [2.05, 4.69) is 18.7 Å². The summed E-state index contributed by atoms with van der Waals surface area (Å²) in [5, 5.41) is 10.1. The van der Waals surface area contributed by atoms with Crippen LogP contribution in [0.4, 0.5) is 0 Å². The molecule has 0 saturated heterocycles. The van der Waals surface area contributed by atoms with Gasteiger partial charge in [0.25, 0.3) is 0 Å². The van der Waals surface area contributed by atoms with Gasteiger partial charge in [-0.05, 0) is 38.3 Å². The molecule has 0 aromatic heterocycles. The van der Waals surface area contributed by atoms with Crippen molar-refractivity contribution in [2.75, 3.05) is 19.6 Å². The molecule has 1 unspecified atom stereocenters. The van der Waals surface area contributed by atoms with Gasteiger partial charge < -0.3 is 10.0 Å². The van der Waals surface area contributed by atoms with Crippen molar-refractivity contribution < 1.29 is 5.11 Å². The molecule has 0 heterocycles. The Morgan fingerprint density at radius 3 is 1.81 bits per heavy atom. The lowest BCUT2D eigenvalue weighted by Crippen LogP contribution is -2.30. The molecule has 0 aliphatic heterocycles. The summed E-state index contributed by atoms with van der Waals surface area (Å²) in [7, 11) is 0. The second-order valence-electron chi connectivity index (χ2n) is 5.94. The van der Waals surface area contributed by atoms with E-state index < -0.39 is 0 Å². The van der Waals surface area contributed by atoms with Gasteiger partial charge in [-0.1, -0.05) is 69.5 Å². The summed E-state index contributed by atoms with van der Waals surface area (Å²) in [5.74, 6) is 0.592. The van der Waals surface area contributed by atoms with Gasteiger partial charge in [-0.3, -0.25) is 0 Å². The lowest BCUT2D eigenvalue weighted by atomic mass is 9.84. The first kappa shape index (κ1) is 18.2. The molecule has 2 heteroatoms. The Kier molecular flexibility index (Phi) is 10.2. The first-order valence-electron chi connectivity index (χ1n) is 8.68. The molecular weight excluding hydrogens is 258 g/mol. The predicted molar refractivity (Wildman–Crippen MR) is 91.4 cm³/mol. The molecule has 0 spiro atoms. The molecule has 1 N–H and O–H groups in total. The Morgan fingerprint density at radius 1 is 0.905 bits per heavy atom. The molecule has 1 aliphatic rings. The minimum Gasteiger partial charge on any atom is -0.393 e. The number of aliphatic hydroxyl groups excluding tert-OH is 1. The summed E-state index contributed by atoms with van der Waals surface area (Å²) >= 11 is 0. The van der Waals surface area contributed by atoms with Crippen LogP contribution in [0, 0.1) is 5.92 Å². The van der Waals surface area contributed by atoms with E-state index in [0.717, 1.165) is 26.1 Å². The molecule has 1 aromatic rings. The molecule has 0 radical (unpaired) electrons. The zero-order valence-corrected chi connectivity index (χ0v) is 13.9. The Balaban J connectivity index is 0.000000304. The van der Waals surface area contributed by atoms with Crippen LogP contribution in [0.3, 0.4) is 0 Å². The summed E-state index contributed by atoms with van der Waals surface area (Å²) in [6.07, 6.45) is 7.44. The fourth-order valence-corrected chi connectivity index (χ4v) is 2.99. The lowest BCUT2D eigenvalue weighted by molar-refractivity contribution is 0.0671. The van der Waals surface area contributed by atoms with Gasteiger partial charge in [0.1, 0.15) is 0 Å². The van der Waals surface area contributed by atoms with Gasteiger partial charge in [-0.25, -0.2) is 0 Å². The molecule has 1 atom stereocenters. The predicted octanol–water partition coefficient (Wildman–Crippen LogP) is 4.35. The van der Waals surface area contributed by atoms with Gasteiger partial charge in [-0.15, -0.1) is 0 Å². The van der Waals surface area contributed by atoms with Crippen molar-refractivity contribution in [3.63, 3.8) is 0 Å². The molecule has 120 valence electrons. The first-order chi connectivity index (χ1) is 10.3. The van der Waals surface area contributed by atoms with E-state index in [-0.39, 0.29) is 6.10 Å². The van der Waals surface area contributed by atoms with E-state index in [1.807, 2.05) is 36.4 Å². The second kappa shape index (κ2) is 11.8. The Morgan fingerprint density at radius 2 is 1.38 bits per heavy atom. The van der Waals surface area contributed by atoms with Crippen LogP contribution in [0.1, 0.15) is 52.4 Å². The summed E-state index contributed by atoms with van der Waals surface area (Å²) in [6, 6.07) is 12.0. The van der Waals surface area contributed by atoms with Crippen LogP contribution >= 0.6 is 0 Å². The van der Waals surface area contributed by atoms with Crippen molar-refractivity contribution in [3.05, 3.63) is 36.4 Å². The van der Waals surface area contributed by atoms with Gasteiger partial charge in [-0.2, -0.15) is 0 Å². The quantitative estimate of drug-likeness (QED) is 0.842. The molecule has 1 saturated carbocycles. The van der Waals surface area contributed by atoms with Crippen molar-refractivity contribution in [2.24, 2.45) is 5.92 Å². The average Bonchev–Trinajstić information content (AvgIpc) is 2.58. The van der Waals surface area contributed by atoms with Crippen LogP contribution in [0.25, 0.3) is 0 Å². The first-order valence-corrected chi connectivity index (χ1v) is 8.68. The summed E-state index contributed by atoms with van der Waals surface area (Å²) in [4.78, 5) is 2.39. The summed E-state index contributed by atoms with van der Waals surface area (Å²) in [6.45, 7) is 7.65. The molecule has 21 heavy (non-hydrogen) atoms. The molecule has 2 rings (SSSR count). The van der Waals surface area contributed by atoms with Crippen LogP contribution < -0.4 is 0 Å². The number of aliphatic hydroxyl groups is 1. The van der Waals surface area contributed by atoms with E-state index in [1.165, 1.54) is 32.1 Å². The average molecular weight is 291 g/mol. The molecule has 1 aliphatic carbocycles. The van der Waals surface area contributed by atoms with Crippen molar-refractivity contribution in [3.8, 4) is 0 Å². The molecular formula is C19H33NO. The van der Waals surface area contributed by atoms with Crippen molar-refractivity contribution in [2.45, 2.75) is 58.5 Å². The third-order valence-electron chi connectivity index (χ3n) is 4.50. The van der Waals surface area contributed by atoms with Gasteiger partial charge in [0.2, 0.25) is 0 Å². The highest BCUT2D eigenvalue weighted by Crippen LogP contribution is 2.27. The van der Waals surface area contributed by atoms with Gasteiger partial charge >= 0.3 is 0 Å². The summed E-state index contributed by atoms with van der Waals surface area (Å²) < 4.78 is 0. The van der Waals surface area contributed by atoms with Crippen molar-refractivity contribution in [1.82, 2.24) is 4.90 Å². The van der Waals surface area contributed by atoms with Gasteiger partial charge in [0.15, 0.2) is 0 Å². The maximum Gasteiger partial charge on any atom is 0.0580 e. The molecule has 0 amide bonds. The minimum absolute atomic E-state index is 0.0501. The van der Waals surface area contributed by atoms with E-state index in [0.29, 0.717) is 5.92 Å². The second-order valence-corrected chi connectivity index (χ2v) is 5.94. The Bertz CT molecular complexity index is 291. The SMILES string of the molecule is CCN(CC)CCC(O)C1CCCCC1.c1ccccc1. The van der Waals surface area contributed by atoms with Crippen LogP contribution in [-0.4, -0.2) is 35.7 Å². The normalized spacial score (nSPS) is 17.1. The maximum atomic E-state index is 10.1.